The van der Waals surface area contributed by atoms with Gasteiger partial charge in [0.25, 0.3) is 0 Å². The standard InChI is InChI=1S/C14H24O6S/c1-7-19-12(15)14(10(4)5,13(16)20-8-2)11(6)21(17,18)9-3/h11H,4,7-9H2,1-3,5-6H3. The van der Waals surface area contributed by atoms with Gasteiger partial charge >= 0.3 is 11.9 Å². The first-order valence-corrected chi connectivity index (χ1v) is 8.56. The van der Waals surface area contributed by atoms with Crippen molar-refractivity contribution >= 4 is 21.8 Å². The van der Waals surface area contributed by atoms with Crippen LogP contribution in [0.2, 0.25) is 0 Å². The Morgan fingerprint density at radius 3 is 1.71 bits per heavy atom. The van der Waals surface area contributed by atoms with Crippen LogP contribution in [0.5, 0.6) is 0 Å². The number of rotatable bonds is 8. The first-order valence-electron chi connectivity index (χ1n) is 6.84. The van der Waals surface area contributed by atoms with Crippen molar-refractivity contribution in [2.45, 2.75) is 39.9 Å². The van der Waals surface area contributed by atoms with Gasteiger partial charge in [-0.05, 0) is 27.7 Å². The van der Waals surface area contributed by atoms with Crippen molar-refractivity contribution in [3.8, 4) is 0 Å². The number of carbonyl (C=O) groups excluding carboxylic acids is 2. The molecule has 21 heavy (non-hydrogen) atoms. The highest BCUT2D eigenvalue weighted by Gasteiger charge is 2.58. The van der Waals surface area contributed by atoms with Crippen LogP contribution in [0.1, 0.15) is 34.6 Å². The summed E-state index contributed by atoms with van der Waals surface area (Å²) in [5.41, 5.74) is -1.95. The molecule has 0 aromatic heterocycles. The summed E-state index contributed by atoms with van der Waals surface area (Å²) in [4.78, 5) is 24.8. The molecule has 0 spiro atoms. The molecule has 0 bridgehead atoms. The summed E-state index contributed by atoms with van der Waals surface area (Å²) in [6.45, 7) is 11.0. The molecule has 0 aliphatic rings. The van der Waals surface area contributed by atoms with Gasteiger partial charge in [0.2, 0.25) is 5.41 Å². The second-order valence-electron chi connectivity index (χ2n) is 4.62. The molecule has 1 unspecified atom stereocenters. The van der Waals surface area contributed by atoms with Gasteiger partial charge in [0.15, 0.2) is 9.84 Å². The number of esters is 2. The lowest BCUT2D eigenvalue weighted by Crippen LogP contribution is -2.53. The van der Waals surface area contributed by atoms with Crippen molar-refractivity contribution in [3.05, 3.63) is 12.2 Å². The van der Waals surface area contributed by atoms with Crippen molar-refractivity contribution in [1.29, 1.82) is 0 Å². The van der Waals surface area contributed by atoms with E-state index in [4.69, 9.17) is 9.47 Å². The molecular formula is C14H24O6S. The van der Waals surface area contributed by atoms with Gasteiger partial charge in [0.1, 0.15) is 0 Å². The van der Waals surface area contributed by atoms with Crippen LogP contribution < -0.4 is 0 Å². The summed E-state index contributed by atoms with van der Waals surface area (Å²) >= 11 is 0. The Bertz CT molecular complexity index is 488. The Morgan fingerprint density at radius 2 is 1.48 bits per heavy atom. The summed E-state index contributed by atoms with van der Waals surface area (Å²) in [7, 11) is -3.69. The van der Waals surface area contributed by atoms with Crippen molar-refractivity contribution in [2.75, 3.05) is 19.0 Å². The van der Waals surface area contributed by atoms with Crippen LogP contribution in [-0.2, 0) is 28.9 Å². The minimum absolute atomic E-state index is 0.0200. The van der Waals surface area contributed by atoms with Crippen molar-refractivity contribution in [3.63, 3.8) is 0 Å². The van der Waals surface area contributed by atoms with E-state index in [0.29, 0.717) is 0 Å². The van der Waals surface area contributed by atoms with E-state index in [1.807, 2.05) is 0 Å². The molecule has 0 saturated heterocycles. The number of carbonyl (C=O) groups is 2. The van der Waals surface area contributed by atoms with Crippen molar-refractivity contribution in [2.24, 2.45) is 5.41 Å². The van der Waals surface area contributed by atoms with Crippen molar-refractivity contribution in [1.82, 2.24) is 0 Å². The third-order valence-corrected chi connectivity index (χ3v) is 5.65. The third kappa shape index (κ3) is 3.64. The maximum absolute atomic E-state index is 12.4. The summed E-state index contributed by atoms with van der Waals surface area (Å²) < 4.78 is 34.3. The van der Waals surface area contributed by atoms with E-state index in [-0.39, 0.29) is 24.5 Å². The SMILES string of the molecule is C=C(C)C(C(=O)OCC)(C(=O)OCC)C(C)S(=O)(=O)CC. The minimum Gasteiger partial charge on any atom is -0.465 e. The van der Waals surface area contributed by atoms with Crippen LogP contribution in [0.3, 0.4) is 0 Å². The Balaban J connectivity index is 6.24. The lowest BCUT2D eigenvalue weighted by molar-refractivity contribution is -0.168. The molecule has 0 aliphatic heterocycles. The van der Waals surface area contributed by atoms with E-state index < -0.39 is 32.4 Å². The fourth-order valence-corrected chi connectivity index (χ4v) is 3.55. The van der Waals surface area contributed by atoms with Gasteiger partial charge in [0, 0.05) is 5.75 Å². The Kier molecular flexibility index (Phi) is 7.09. The van der Waals surface area contributed by atoms with Gasteiger partial charge in [-0.15, -0.1) is 0 Å². The summed E-state index contributed by atoms with van der Waals surface area (Å²) in [5, 5.41) is -1.31. The summed E-state index contributed by atoms with van der Waals surface area (Å²) in [5.74, 6) is -2.09. The molecule has 0 aromatic rings. The molecule has 7 heteroatoms. The summed E-state index contributed by atoms with van der Waals surface area (Å²) in [6, 6.07) is 0. The molecule has 0 N–H and O–H groups in total. The fourth-order valence-electron chi connectivity index (χ4n) is 2.12. The maximum atomic E-state index is 12.4. The largest absolute Gasteiger partial charge is 0.465 e. The van der Waals surface area contributed by atoms with Crippen LogP contribution in [0.25, 0.3) is 0 Å². The van der Waals surface area contributed by atoms with Gasteiger partial charge < -0.3 is 9.47 Å². The van der Waals surface area contributed by atoms with E-state index in [0.717, 1.165) is 0 Å². The third-order valence-electron chi connectivity index (χ3n) is 3.42. The second kappa shape index (κ2) is 7.59. The van der Waals surface area contributed by atoms with Crippen LogP contribution >= 0.6 is 0 Å². The molecule has 0 amide bonds. The van der Waals surface area contributed by atoms with Crippen LogP contribution in [0.4, 0.5) is 0 Å². The molecule has 6 nitrogen and oxygen atoms in total. The topological polar surface area (TPSA) is 86.7 Å². The summed E-state index contributed by atoms with van der Waals surface area (Å²) in [6.07, 6.45) is 0. The van der Waals surface area contributed by atoms with Gasteiger partial charge in [-0.1, -0.05) is 19.1 Å². The molecule has 0 radical (unpaired) electrons. The van der Waals surface area contributed by atoms with Crippen LogP contribution in [0, 0.1) is 5.41 Å². The van der Waals surface area contributed by atoms with Crippen molar-refractivity contribution < 1.29 is 27.5 Å². The molecule has 1 atom stereocenters. The number of ether oxygens (including phenoxy) is 2. The van der Waals surface area contributed by atoms with E-state index in [9.17, 15) is 18.0 Å². The average molecular weight is 320 g/mol. The monoisotopic (exact) mass is 320 g/mol. The lowest BCUT2D eigenvalue weighted by atomic mass is 9.78. The maximum Gasteiger partial charge on any atom is 0.329 e. The van der Waals surface area contributed by atoms with Gasteiger partial charge in [-0.2, -0.15) is 0 Å². The first-order chi connectivity index (χ1) is 9.62. The molecule has 122 valence electrons. The molecule has 0 saturated carbocycles. The number of sulfone groups is 1. The highest BCUT2D eigenvalue weighted by Crippen LogP contribution is 2.38. The molecule has 0 rings (SSSR count). The molecule has 0 heterocycles. The van der Waals surface area contributed by atoms with E-state index >= 15 is 0 Å². The predicted molar refractivity (Wildman–Crippen MR) is 79.4 cm³/mol. The number of hydrogen-bond acceptors (Lipinski definition) is 6. The molecular weight excluding hydrogens is 296 g/mol. The highest BCUT2D eigenvalue weighted by atomic mass is 32.2. The lowest BCUT2D eigenvalue weighted by Gasteiger charge is -2.34. The fraction of sp³-hybridized carbons (Fsp3) is 0.714. The second-order valence-corrected chi connectivity index (χ2v) is 7.23. The average Bonchev–Trinajstić information content (AvgIpc) is 2.39. The van der Waals surface area contributed by atoms with E-state index in [2.05, 4.69) is 6.58 Å². The van der Waals surface area contributed by atoms with E-state index in [1.54, 1.807) is 13.8 Å². The molecule has 0 fully saturated rings. The Hall–Kier alpha value is -1.37. The highest BCUT2D eigenvalue weighted by molar-refractivity contribution is 7.92. The Labute approximate surface area is 126 Å². The normalized spacial score (nSPS) is 13.4. The zero-order valence-electron chi connectivity index (χ0n) is 13.3. The van der Waals surface area contributed by atoms with Crippen LogP contribution in [0.15, 0.2) is 12.2 Å². The van der Waals surface area contributed by atoms with Gasteiger partial charge in [-0.3, -0.25) is 9.59 Å². The van der Waals surface area contributed by atoms with E-state index in [1.165, 1.54) is 20.8 Å². The van der Waals surface area contributed by atoms with Gasteiger partial charge in [0.05, 0.1) is 18.5 Å². The first kappa shape index (κ1) is 19.6. The zero-order valence-corrected chi connectivity index (χ0v) is 14.1. The van der Waals surface area contributed by atoms with Crippen LogP contribution in [-0.4, -0.2) is 44.6 Å². The zero-order chi connectivity index (χ0) is 16.8. The quantitative estimate of drug-likeness (QED) is 0.383. The number of hydrogen-bond donors (Lipinski definition) is 0. The molecule has 0 aliphatic carbocycles. The smallest absolute Gasteiger partial charge is 0.329 e. The predicted octanol–water partition coefficient (Wildman–Crippen LogP) is 1.50. The molecule has 0 aromatic carbocycles. The van der Waals surface area contributed by atoms with Gasteiger partial charge in [-0.25, -0.2) is 8.42 Å². The minimum atomic E-state index is -3.69. The Morgan fingerprint density at radius 1 is 1.10 bits per heavy atom.